The van der Waals surface area contributed by atoms with Crippen LogP contribution in [0.25, 0.3) is 10.2 Å². The van der Waals surface area contributed by atoms with Gasteiger partial charge >= 0.3 is 0 Å². The first kappa shape index (κ1) is 11.6. The number of rotatable bonds is 3. The molecule has 2 nitrogen and oxygen atoms in total. The molecule has 0 radical (unpaired) electrons. The van der Waals surface area contributed by atoms with Crippen LogP contribution in [0.5, 0.6) is 0 Å². The molecule has 1 unspecified atom stereocenters. The number of thiazole rings is 1. The van der Waals surface area contributed by atoms with Crippen LogP contribution in [0, 0.1) is 0 Å². The maximum atomic E-state index is 5.81. The monoisotopic (exact) mass is 234 g/mol. The quantitative estimate of drug-likeness (QED) is 0.885. The lowest BCUT2D eigenvalue weighted by Gasteiger charge is -2.04. The summed E-state index contributed by atoms with van der Waals surface area (Å²) in [5, 5.41) is 1.22. The van der Waals surface area contributed by atoms with Crippen LogP contribution in [0.2, 0.25) is 0 Å². The Morgan fingerprint density at radius 2 is 2.06 bits per heavy atom. The molecule has 2 rings (SSSR count). The second kappa shape index (κ2) is 4.52. The van der Waals surface area contributed by atoms with Crippen molar-refractivity contribution < 1.29 is 0 Å². The van der Waals surface area contributed by atoms with E-state index in [1.54, 1.807) is 11.3 Å². The van der Waals surface area contributed by atoms with Gasteiger partial charge in [0.25, 0.3) is 0 Å². The van der Waals surface area contributed by atoms with Gasteiger partial charge in [0.2, 0.25) is 0 Å². The lowest BCUT2D eigenvalue weighted by atomic mass is 10.1. The molecule has 1 heterocycles. The highest BCUT2D eigenvalue weighted by atomic mass is 32.1. The molecule has 2 aromatic rings. The predicted molar refractivity (Wildman–Crippen MR) is 71.1 cm³/mol. The van der Waals surface area contributed by atoms with Gasteiger partial charge in [0.15, 0.2) is 0 Å². The van der Waals surface area contributed by atoms with Gasteiger partial charge in [0.1, 0.15) is 0 Å². The Hall–Kier alpha value is -0.930. The minimum Gasteiger partial charge on any atom is -0.328 e. The molecule has 16 heavy (non-hydrogen) atoms. The molecule has 0 saturated carbocycles. The van der Waals surface area contributed by atoms with Crippen molar-refractivity contribution in [1.82, 2.24) is 4.98 Å². The average molecular weight is 234 g/mol. The van der Waals surface area contributed by atoms with E-state index in [1.807, 2.05) is 6.92 Å². The van der Waals surface area contributed by atoms with Crippen LogP contribution >= 0.6 is 11.3 Å². The van der Waals surface area contributed by atoms with Gasteiger partial charge in [-0.15, -0.1) is 11.3 Å². The summed E-state index contributed by atoms with van der Waals surface area (Å²) in [7, 11) is 0. The van der Waals surface area contributed by atoms with Crippen LogP contribution in [0.15, 0.2) is 18.2 Å². The maximum Gasteiger partial charge on any atom is 0.0963 e. The van der Waals surface area contributed by atoms with Gasteiger partial charge < -0.3 is 5.73 Å². The summed E-state index contributed by atoms with van der Waals surface area (Å²) in [6, 6.07) is 6.68. The number of benzene rings is 1. The van der Waals surface area contributed by atoms with Crippen molar-refractivity contribution in [2.75, 3.05) is 0 Å². The number of nitrogens with zero attached hydrogens (tertiary/aromatic N) is 1. The molecule has 0 amide bonds. The summed E-state index contributed by atoms with van der Waals surface area (Å²) in [4.78, 5) is 4.62. The van der Waals surface area contributed by atoms with Crippen molar-refractivity contribution in [2.45, 2.75) is 39.2 Å². The van der Waals surface area contributed by atoms with E-state index in [9.17, 15) is 0 Å². The lowest BCUT2D eigenvalue weighted by molar-refractivity contribution is 0.739. The third-order valence-electron chi connectivity index (χ3n) is 2.52. The molecule has 1 aromatic carbocycles. The van der Waals surface area contributed by atoms with Crippen molar-refractivity contribution in [3.63, 3.8) is 0 Å². The maximum absolute atomic E-state index is 5.81. The van der Waals surface area contributed by atoms with Crippen LogP contribution in [-0.2, 0) is 6.42 Å². The smallest absolute Gasteiger partial charge is 0.0963 e. The van der Waals surface area contributed by atoms with Crippen molar-refractivity contribution in [1.29, 1.82) is 0 Å². The standard InChI is InChI=1S/C13H18N2S/c1-8(2)13-15-11-5-4-10(6-9(3)14)7-12(11)16-13/h4-5,7-9H,6,14H2,1-3H3. The summed E-state index contributed by atoms with van der Waals surface area (Å²) >= 11 is 1.79. The molecule has 0 aliphatic rings. The van der Waals surface area contributed by atoms with E-state index in [1.165, 1.54) is 15.3 Å². The Balaban J connectivity index is 2.38. The van der Waals surface area contributed by atoms with Crippen molar-refractivity contribution in [3.05, 3.63) is 28.8 Å². The Labute approximate surface area is 101 Å². The van der Waals surface area contributed by atoms with E-state index >= 15 is 0 Å². The van der Waals surface area contributed by atoms with E-state index in [-0.39, 0.29) is 6.04 Å². The fourth-order valence-electron chi connectivity index (χ4n) is 1.73. The van der Waals surface area contributed by atoms with Gasteiger partial charge in [0, 0.05) is 12.0 Å². The summed E-state index contributed by atoms with van der Waals surface area (Å²) < 4.78 is 1.28. The van der Waals surface area contributed by atoms with E-state index in [4.69, 9.17) is 5.73 Å². The predicted octanol–water partition coefficient (Wildman–Crippen LogP) is 3.31. The normalized spacial score (nSPS) is 13.6. The molecule has 2 N–H and O–H groups in total. The Bertz CT molecular complexity index is 486. The molecule has 0 bridgehead atoms. The van der Waals surface area contributed by atoms with Crippen molar-refractivity contribution in [3.8, 4) is 0 Å². The van der Waals surface area contributed by atoms with E-state index in [2.05, 4.69) is 37.0 Å². The molecule has 1 aromatic heterocycles. The molecular formula is C13H18N2S. The average Bonchev–Trinajstić information content (AvgIpc) is 2.59. The molecule has 0 saturated heterocycles. The highest BCUT2D eigenvalue weighted by Gasteiger charge is 2.08. The van der Waals surface area contributed by atoms with Crippen LogP contribution in [0.1, 0.15) is 37.3 Å². The number of hydrogen-bond donors (Lipinski definition) is 1. The fourth-order valence-corrected chi connectivity index (χ4v) is 2.77. The molecule has 0 spiro atoms. The van der Waals surface area contributed by atoms with Gasteiger partial charge in [-0.2, -0.15) is 0 Å². The van der Waals surface area contributed by atoms with E-state index in [0.29, 0.717) is 5.92 Å². The molecule has 0 fully saturated rings. The topological polar surface area (TPSA) is 38.9 Å². The highest BCUT2D eigenvalue weighted by molar-refractivity contribution is 7.18. The first-order chi connectivity index (χ1) is 7.56. The molecule has 0 aliphatic carbocycles. The summed E-state index contributed by atoms with van der Waals surface area (Å²) in [6.07, 6.45) is 0.935. The molecule has 0 aliphatic heterocycles. The lowest BCUT2D eigenvalue weighted by Crippen LogP contribution is -2.17. The zero-order chi connectivity index (χ0) is 11.7. The van der Waals surface area contributed by atoms with Crippen molar-refractivity contribution >= 4 is 21.6 Å². The first-order valence-electron chi connectivity index (χ1n) is 5.71. The first-order valence-corrected chi connectivity index (χ1v) is 6.53. The minimum absolute atomic E-state index is 0.218. The summed E-state index contributed by atoms with van der Waals surface area (Å²) in [5.74, 6) is 0.509. The molecule has 1 atom stereocenters. The zero-order valence-corrected chi connectivity index (χ0v) is 10.8. The number of hydrogen-bond acceptors (Lipinski definition) is 3. The van der Waals surface area contributed by atoms with Gasteiger partial charge in [-0.25, -0.2) is 4.98 Å². The molecular weight excluding hydrogens is 216 g/mol. The number of nitrogens with two attached hydrogens (primary N) is 1. The third-order valence-corrected chi connectivity index (χ3v) is 3.84. The van der Waals surface area contributed by atoms with E-state index < -0.39 is 0 Å². The number of fused-ring (bicyclic) bond motifs is 1. The van der Waals surface area contributed by atoms with Gasteiger partial charge in [-0.3, -0.25) is 0 Å². The minimum atomic E-state index is 0.218. The van der Waals surface area contributed by atoms with E-state index in [0.717, 1.165) is 11.9 Å². The van der Waals surface area contributed by atoms with Crippen molar-refractivity contribution in [2.24, 2.45) is 5.73 Å². The van der Waals surface area contributed by atoms with Gasteiger partial charge in [0.05, 0.1) is 15.2 Å². The Morgan fingerprint density at radius 3 is 2.69 bits per heavy atom. The second-order valence-electron chi connectivity index (χ2n) is 4.69. The van der Waals surface area contributed by atoms with Crippen LogP contribution in [0.4, 0.5) is 0 Å². The summed E-state index contributed by atoms with van der Waals surface area (Å²) in [6.45, 7) is 6.40. The van der Waals surface area contributed by atoms with Crippen LogP contribution in [0.3, 0.4) is 0 Å². The van der Waals surface area contributed by atoms with Gasteiger partial charge in [-0.1, -0.05) is 19.9 Å². The Kier molecular flexibility index (Phi) is 3.26. The van der Waals surface area contributed by atoms with Crippen LogP contribution in [-0.4, -0.2) is 11.0 Å². The van der Waals surface area contributed by atoms with Crippen LogP contribution < -0.4 is 5.73 Å². The molecule has 3 heteroatoms. The summed E-state index contributed by atoms with van der Waals surface area (Å²) in [5.41, 5.74) is 8.23. The Morgan fingerprint density at radius 1 is 1.31 bits per heavy atom. The molecule has 86 valence electrons. The number of aromatic nitrogens is 1. The SMILES string of the molecule is CC(N)Cc1ccc2nc(C(C)C)sc2c1. The third kappa shape index (κ3) is 2.42. The largest absolute Gasteiger partial charge is 0.328 e. The fraction of sp³-hybridized carbons (Fsp3) is 0.462. The highest BCUT2D eigenvalue weighted by Crippen LogP contribution is 2.28. The zero-order valence-electron chi connectivity index (χ0n) is 10.0. The second-order valence-corrected chi connectivity index (χ2v) is 5.75. The van der Waals surface area contributed by atoms with Gasteiger partial charge in [-0.05, 0) is 31.0 Å².